The summed E-state index contributed by atoms with van der Waals surface area (Å²) in [7, 11) is 5.89. The van der Waals surface area contributed by atoms with Gasteiger partial charge in [0.2, 0.25) is 5.91 Å². The highest BCUT2D eigenvalue weighted by molar-refractivity contribution is 5.82. The van der Waals surface area contributed by atoms with Crippen molar-refractivity contribution < 1.29 is 15.0 Å². The third-order valence-electron chi connectivity index (χ3n) is 5.41. The van der Waals surface area contributed by atoms with Gasteiger partial charge in [-0.15, -0.1) is 0 Å². The molecule has 1 saturated heterocycles. The van der Waals surface area contributed by atoms with E-state index in [1.165, 1.54) is 0 Å². The number of amides is 1. The number of aliphatic hydroxyl groups excluding tert-OH is 2. The van der Waals surface area contributed by atoms with Gasteiger partial charge < -0.3 is 20.4 Å². The molecular formula is C21H31N5O3. The van der Waals surface area contributed by atoms with Crippen LogP contribution in [0, 0.1) is 0 Å². The number of aliphatic hydroxyl groups is 2. The number of carbonyl (C=O) groups excluding carboxylic acids is 1. The molecule has 0 saturated carbocycles. The molecule has 1 amide bonds. The van der Waals surface area contributed by atoms with E-state index in [4.69, 9.17) is 0 Å². The Morgan fingerprint density at radius 2 is 2.03 bits per heavy atom. The fraction of sp³-hybridized carbons (Fsp3) is 0.524. The van der Waals surface area contributed by atoms with E-state index in [1.807, 2.05) is 61.1 Å². The first-order chi connectivity index (χ1) is 13.9. The first-order valence-corrected chi connectivity index (χ1v) is 9.95. The molecule has 8 nitrogen and oxygen atoms in total. The van der Waals surface area contributed by atoms with E-state index in [-0.39, 0.29) is 18.6 Å². The number of benzene rings is 1. The van der Waals surface area contributed by atoms with Gasteiger partial charge in [0.25, 0.3) is 0 Å². The first kappa shape index (κ1) is 21.4. The maximum Gasteiger partial charge on any atom is 0.238 e. The number of aromatic nitrogens is 2. The molecular weight excluding hydrogens is 370 g/mol. The quantitative estimate of drug-likeness (QED) is 0.590. The van der Waals surface area contributed by atoms with Crippen molar-refractivity contribution in [3.05, 3.63) is 42.1 Å². The molecule has 1 fully saturated rings. The summed E-state index contributed by atoms with van der Waals surface area (Å²) in [6, 6.07) is 8.94. The van der Waals surface area contributed by atoms with E-state index in [9.17, 15) is 15.0 Å². The summed E-state index contributed by atoms with van der Waals surface area (Å²) >= 11 is 0. The summed E-state index contributed by atoms with van der Waals surface area (Å²) in [5.74, 6) is -0.172. The topological polar surface area (TPSA) is 93.9 Å². The third kappa shape index (κ3) is 5.22. The highest BCUT2D eigenvalue weighted by atomic mass is 16.3. The van der Waals surface area contributed by atoms with Crippen LogP contribution in [0.2, 0.25) is 0 Å². The second kappa shape index (κ2) is 9.49. The number of likely N-dealkylation sites (N-methyl/N-ethyl adjacent to an activating group) is 2. The van der Waals surface area contributed by atoms with Gasteiger partial charge in [0, 0.05) is 19.3 Å². The maximum atomic E-state index is 12.6. The summed E-state index contributed by atoms with van der Waals surface area (Å²) in [5, 5.41) is 26.9. The molecule has 3 unspecified atom stereocenters. The van der Waals surface area contributed by atoms with Crippen LogP contribution < -0.4 is 5.32 Å². The van der Waals surface area contributed by atoms with E-state index < -0.39 is 12.1 Å². The summed E-state index contributed by atoms with van der Waals surface area (Å²) in [6.45, 7) is 1.99. The zero-order valence-electron chi connectivity index (χ0n) is 17.3. The van der Waals surface area contributed by atoms with Crippen LogP contribution in [0.15, 0.2) is 36.5 Å². The largest absolute Gasteiger partial charge is 0.394 e. The van der Waals surface area contributed by atoms with Gasteiger partial charge in [-0.2, -0.15) is 5.10 Å². The molecule has 1 aliphatic rings. The van der Waals surface area contributed by atoms with E-state index in [2.05, 4.69) is 15.3 Å². The predicted molar refractivity (Wildman–Crippen MR) is 111 cm³/mol. The monoisotopic (exact) mass is 401 g/mol. The molecule has 3 rings (SSSR count). The van der Waals surface area contributed by atoms with E-state index in [1.54, 1.807) is 6.20 Å². The van der Waals surface area contributed by atoms with Crippen molar-refractivity contribution in [2.75, 3.05) is 40.8 Å². The van der Waals surface area contributed by atoms with Crippen molar-refractivity contribution in [2.45, 2.75) is 31.2 Å². The van der Waals surface area contributed by atoms with E-state index in [0.717, 1.165) is 29.9 Å². The third-order valence-corrected chi connectivity index (χ3v) is 5.41. The molecule has 1 aliphatic heterocycles. The smallest absolute Gasteiger partial charge is 0.238 e. The number of likely N-dealkylation sites (tertiary alicyclic amines) is 1. The van der Waals surface area contributed by atoms with Gasteiger partial charge in [0.05, 0.1) is 37.0 Å². The standard InChI is InChI=1S/C21H31N5O3/c1-24(2)10-11-26-19(8-9-22-26)16-6-4-15(5-7-16)18(14-27)23-21(29)20-12-17(28)13-25(20)3/h4-9,17-18,20,27-28H,10-14H2,1-3H3,(H,23,29). The van der Waals surface area contributed by atoms with E-state index >= 15 is 0 Å². The Labute approximate surface area is 171 Å². The maximum absolute atomic E-state index is 12.6. The SMILES string of the molecule is CN(C)CCn1nccc1-c1ccc(C(CO)NC(=O)C2CC(O)CN2C)cc1. The van der Waals surface area contributed by atoms with Crippen LogP contribution in [0.25, 0.3) is 11.3 Å². The average molecular weight is 402 g/mol. The van der Waals surface area contributed by atoms with Crippen LogP contribution in [-0.2, 0) is 11.3 Å². The minimum absolute atomic E-state index is 0.172. The van der Waals surface area contributed by atoms with Gasteiger partial charge in [-0.3, -0.25) is 14.4 Å². The Balaban J connectivity index is 1.68. The molecule has 0 spiro atoms. The number of rotatable bonds is 8. The zero-order chi connectivity index (χ0) is 21.0. The van der Waals surface area contributed by atoms with Crippen LogP contribution >= 0.6 is 0 Å². The van der Waals surface area contributed by atoms with Gasteiger partial charge in [-0.25, -0.2) is 0 Å². The summed E-state index contributed by atoms with van der Waals surface area (Å²) in [4.78, 5) is 16.5. The lowest BCUT2D eigenvalue weighted by Crippen LogP contribution is -2.43. The fourth-order valence-corrected chi connectivity index (χ4v) is 3.72. The molecule has 1 aromatic carbocycles. The lowest BCUT2D eigenvalue weighted by molar-refractivity contribution is -0.126. The number of nitrogens with one attached hydrogen (secondary N) is 1. The van der Waals surface area contributed by atoms with Crippen molar-refractivity contribution >= 4 is 5.91 Å². The number of nitrogens with zero attached hydrogens (tertiary/aromatic N) is 4. The van der Waals surface area contributed by atoms with E-state index in [0.29, 0.717) is 13.0 Å². The zero-order valence-corrected chi connectivity index (χ0v) is 17.3. The normalized spacial score (nSPS) is 20.9. The number of carbonyl (C=O) groups is 1. The van der Waals surface area contributed by atoms with Crippen LogP contribution in [0.3, 0.4) is 0 Å². The predicted octanol–water partition coefficient (Wildman–Crippen LogP) is 0.326. The minimum atomic E-state index is -0.486. The number of hydrogen-bond donors (Lipinski definition) is 3. The molecule has 0 radical (unpaired) electrons. The Bertz CT molecular complexity index is 805. The van der Waals surface area contributed by atoms with Gasteiger partial charge >= 0.3 is 0 Å². The van der Waals surface area contributed by atoms with Crippen molar-refractivity contribution in [2.24, 2.45) is 0 Å². The summed E-state index contributed by atoms with van der Waals surface area (Å²) in [5.41, 5.74) is 2.90. The molecule has 2 aromatic rings. The van der Waals surface area contributed by atoms with Crippen LogP contribution in [-0.4, -0.2) is 88.7 Å². The average Bonchev–Trinajstić information content (AvgIpc) is 3.30. The Hall–Kier alpha value is -2.26. The molecule has 2 heterocycles. The molecule has 8 heteroatoms. The number of hydrogen-bond acceptors (Lipinski definition) is 6. The molecule has 158 valence electrons. The summed E-state index contributed by atoms with van der Waals surface area (Å²) in [6.07, 6.45) is 1.72. The Kier molecular flexibility index (Phi) is 7.02. The molecule has 3 atom stereocenters. The van der Waals surface area contributed by atoms with Crippen LogP contribution in [0.5, 0.6) is 0 Å². The highest BCUT2D eigenvalue weighted by Crippen LogP contribution is 2.23. The lowest BCUT2D eigenvalue weighted by Gasteiger charge is -2.23. The highest BCUT2D eigenvalue weighted by Gasteiger charge is 2.34. The van der Waals surface area contributed by atoms with Crippen molar-refractivity contribution in [1.29, 1.82) is 0 Å². The van der Waals surface area contributed by atoms with Gasteiger partial charge in [0.1, 0.15) is 0 Å². The second-order valence-electron chi connectivity index (χ2n) is 7.95. The fourth-order valence-electron chi connectivity index (χ4n) is 3.72. The van der Waals surface area contributed by atoms with Crippen molar-refractivity contribution in [3.63, 3.8) is 0 Å². The lowest BCUT2D eigenvalue weighted by atomic mass is 10.0. The molecule has 1 aromatic heterocycles. The molecule has 0 bridgehead atoms. The van der Waals surface area contributed by atoms with Gasteiger partial charge in [-0.1, -0.05) is 24.3 Å². The minimum Gasteiger partial charge on any atom is -0.394 e. The van der Waals surface area contributed by atoms with Gasteiger partial charge in [0.15, 0.2) is 0 Å². The summed E-state index contributed by atoms with van der Waals surface area (Å²) < 4.78 is 1.97. The number of β-amino-alcohol motifs (C(OH)–C–C–N with tert-alkyl or cyclic N) is 1. The first-order valence-electron chi connectivity index (χ1n) is 9.95. The van der Waals surface area contributed by atoms with Gasteiger partial charge in [-0.05, 0) is 44.8 Å². The Morgan fingerprint density at radius 3 is 2.62 bits per heavy atom. The van der Waals surface area contributed by atoms with Crippen LogP contribution in [0.1, 0.15) is 18.0 Å². The molecule has 3 N–H and O–H groups in total. The molecule has 29 heavy (non-hydrogen) atoms. The van der Waals surface area contributed by atoms with Crippen molar-refractivity contribution in [3.8, 4) is 11.3 Å². The van der Waals surface area contributed by atoms with Crippen LogP contribution in [0.4, 0.5) is 0 Å². The second-order valence-corrected chi connectivity index (χ2v) is 7.95. The Morgan fingerprint density at radius 1 is 1.31 bits per heavy atom. The van der Waals surface area contributed by atoms with Crippen molar-refractivity contribution in [1.82, 2.24) is 24.9 Å². The molecule has 0 aliphatic carbocycles.